The third-order valence-electron chi connectivity index (χ3n) is 2.10. The summed E-state index contributed by atoms with van der Waals surface area (Å²) in [6.07, 6.45) is 0.875. The molecule has 1 atom stereocenters. The lowest BCUT2D eigenvalue weighted by atomic mass is 10.3. The highest BCUT2D eigenvalue weighted by molar-refractivity contribution is 7.80. The number of carbonyl (C=O) groups is 2. The van der Waals surface area contributed by atoms with Crippen LogP contribution in [0.1, 0.15) is 29.9 Å². The van der Waals surface area contributed by atoms with Gasteiger partial charge in [0.1, 0.15) is 6.04 Å². The van der Waals surface area contributed by atoms with Crippen molar-refractivity contribution in [3.8, 4) is 0 Å². The molecule has 17 heavy (non-hydrogen) atoms. The molecule has 0 aliphatic rings. The molecule has 6 heteroatoms. The van der Waals surface area contributed by atoms with Gasteiger partial charge in [0, 0.05) is 16.8 Å². The van der Waals surface area contributed by atoms with E-state index in [0.29, 0.717) is 11.4 Å². The fourth-order valence-corrected chi connectivity index (χ4v) is 2.23. The zero-order valence-electron chi connectivity index (χ0n) is 9.82. The van der Waals surface area contributed by atoms with Gasteiger partial charge in [-0.3, -0.25) is 9.59 Å². The van der Waals surface area contributed by atoms with Crippen LogP contribution in [0.4, 0.5) is 0 Å². The highest BCUT2D eigenvalue weighted by Crippen LogP contribution is 2.17. The maximum Gasteiger partial charge on any atom is 0.262 e. The molecule has 0 spiro atoms. The van der Waals surface area contributed by atoms with Gasteiger partial charge in [-0.1, -0.05) is 6.92 Å². The number of rotatable bonds is 5. The molecule has 94 valence electrons. The summed E-state index contributed by atoms with van der Waals surface area (Å²) >= 11 is 5.44. The predicted molar refractivity (Wildman–Crippen MR) is 71.8 cm³/mol. The van der Waals surface area contributed by atoms with Gasteiger partial charge in [-0.05, 0) is 19.4 Å². The molecule has 1 rings (SSSR count). The summed E-state index contributed by atoms with van der Waals surface area (Å²) in [4.78, 5) is 24.6. The zero-order chi connectivity index (χ0) is 12.8. The first kappa shape index (κ1) is 14.1. The van der Waals surface area contributed by atoms with Crippen LogP contribution in [0.25, 0.3) is 0 Å². The minimum atomic E-state index is -0.528. The molecular weight excluding hydrogens is 256 g/mol. The maximum absolute atomic E-state index is 11.7. The molecular formula is C11H16N2O2S2. The number of hydrogen-bond acceptors (Lipinski definition) is 4. The number of thiol groups is 1. The van der Waals surface area contributed by atoms with Gasteiger partial charge >= 0.3 is 0 Å². The fraction of sp³-hybridized carbons (Fsp3) is 0.455. The van der Waals surface area contributed by atoms with Crippen LogP contribution in [0.3, 0.4) is 0 Å². The molecule has 0 aliphatic heterocycles. The Morgan fingerprint density at radius 3 is 2.76 bits per heavy atom. The second kappa shape index (κ2) is 6.66. The van der Waals surface area contributed by atoms with Gasteiger partial charge in [-0.15, -0.1) is 24.0 Å². The topological polar surface area (TPSA) is 58.2 Å². The first-order valence-electron chi connectivity index (χ1n) is 5.40. The second-order valence-corrected chi connectivity index (χ2v) is 5.08. The summed E-state index contributed by atoms with van der Waals surface area (Å²) in [6, 6.07) is 1.15. The smallest absolute Gasteiger partial charge is 0.262 e. The van der Waals surface area contributed by atoms with Gasteiger partial charge in [0.15, 0.2) is 0 Å². The summed E-state index contributed by atoms with van der Waals surface area (Å²) in [5.74, 6) is -0.405. The molecule has 0 radical (unpaired) electrons. The van der Waals surface area contributed by atoms with Crippen LogP contribution in [0.2, 0.25) is 0 Å². The van der Waals surface area contributed by atoms with Crippen molar-refractivity contribution in [2.45, 2.75) is 31.2 Å². The molecule has 1 aromatic rings. The van der Waals surface area contributed by atoms with Crippen molar-refractivity contribution in [2.24, 2.45) is 0 Å². The Morgan fingerprint density at radius 1 is 1.53 bits per heavy atom. The van der Waals surface area contributed by atoms with Gasteiger partial charge in [-0.2, -0.15) is 0 Å². The van der Waals surface area contributed by atoms with E-state index in [4.69, 9.17) is 0 Å². The average Bonchev–Trinajstić information content (AvgIpc) is 2.72. The lowest BCUT2D eigenvalue weighted by Gasteiger charge is -2.12. The van der Waals surface area contributed by atoms with E-state index in [9.17, 15) is 9.59 Å². The highest BCUT2D eigenvalue weighted by Gasteiger charge is 2.16. The van der Waals surface area contributed by atoms with Crippen LogP contribution >= 0.6 is 24.0 Å². The van der Waals surface area contributed by atoms with E-state index in [0.717, 1.165) is 11.3 Å². The minimum absolute atomic E-state index is 0.164. The summed E-state index contributed by atoms with van der Waals surface area (Å²) in [5, 5.41) is 7.15. The van der Waals surface area contributed by atoms with Gasteiger partial charge in [0.25, 0.3) is 5.91 Å². The lowest BCUT2D eigenvalue weighted by Crippen LogP contribution is -2.44. The molecule has 0 saturated heterocycles. The molecule has 4 nitrogen and oxygen atoms in total. The first-order valence-corrected chi connectivity index (χ1v) is 6.73. The first-order chi connectivity index (χ1) is 8.04. The van der Waals surface area contributed by atoms with Crippen molar-refractivity contribution in [3.05, 3.63) is 16.3 Å². The van der Waals surface area contributed by atoms with E-state index in [1.165, 1.54) is 11.3 Å². The number of nitrogens with one attached hydrogen (secondary N) is 2. The predicted octanol–water partition coefficient (Wildman–Crippen LogP) is 1.68. The van der Waals surface area contributed by atoms with E-state index in [1.54, 1.807) is 18.4 Å². The third kappa shape index (κ3) is 4.40. The Bertz CT molecular complexity index is 404. The SMILES string of the molecule is CCCNC(=O)C(C)NC(=O)c1cc(S)cs1. The summed E-state index contributed by atoms with van der Waals surface area (Å²) < 4.78 is 0. The Hall–Kier alpha value is -1.01. The van der Waals surface area contributed by atoms with Crippen molar-refractivity contribution in [1.29, 1.82) is 0 Å². The van der Waals surface area contributed by atoms with Crippen LogP contribution in [0, 0.1) is 0 Å². The Balaban J connectivity index is 2.48. The van der Waals surface area contributed by atoms with Crippen molar-refractivity contribution in [1.82, 2.24) is 10.6 Å². The van der Waals surface area contributed by atoms with E-state index < -0.39 is 6.04 Å². The van der Waals surface area contributed by atoms with E-state index >= 15 is 0 Å². The molecule has 1 heterocycles. The Morgan fingerprint density at radius 2 is 2.24 bits per heavy atom. The van der Waals surface area contributed by atoms with Crippen molar-refractivity contribution >= 4 is 35.8 Å². The van der Waals surface area contributed by atoms with Gasteiger partial charge < -0.3 is 10.6 Å². The van der Waals surface area contributed by atoms with Crippen LogP contribution in [-0.4, -0.2) is 24.4 Å². The van der Waals surface area contributed by atoms with E-state index in [2.05, 4.69) is 23.3 Å². The molecule has 0 aromatic carbocycles. The van der Waals surface area contributed by atoms with Gasteiger partial charge in [0.2, 0.25) is 5.91 Å². The van der Waals surface area contributed by atoms with Gasteiger partial charge in [-0.25, -0.2) is 0 Å². The standard InChI is InChI=1S/C11H16N2O2S2/c1-3-4-12-10(14)7(2)13-11(15)9-5-8(16)6-17-9/h5-7,16H,3-4H2,1-2H3,(H,12,14)(H,13,15). The molecule has 0 saturated carbocycles. The molecule has 0 aliphatic carbocycles. The number of thiophene rings is 1. The van der Waals surface area contributed by atoms with Gasteiger partial charge in [0.05, 0.1) is 4.88 Å². The van der Waals surface area contributed by atoms with E-state index in [-0.39, 0.29) is 11.8 Å². The molecule has 2 N–H and O–H groups in total. The molecule has 1 aromatic heterocycles. The van der Waals surface area contributed by atoms with Crippen LogP contribution in [-0.2, 0) is 4.79 Å². The lowest BCUT2D eigenvalue weighted by molar-refractivity contribution is -0.122. The number of hydrogen-bond donors (Lipinski definition) is 3. The number of carbonyl (C=O) groups excluding carboxylic acids is 2. The largest absolute Gasteiger partial charge is 0.354 e. The quantitative estimate of drug-likeness (QED) is 0.714. The summed E-state index contributed by atoms with van der Waals surface area (Å²) in [7, 11) is 0. The average molecular weight is 272 g/mol. The van der Waals surface area contributed by atoms with Crippen molar-refractivity contribution in [3.63, 3.8) is 0 Å². The van der Waals surface area contributed by atoms with E-state index in [1.807, 2.05) is 6.92 Å². The zero-order valence-corrected chi connectivity index (χ0v) is 11.5. The van der Waals surface area contributed by atoms with Crippen LogP contribution in [0.5, 0.6) is 0 Å². The Labute approximate surface area is 110 Å². The van der Waals surface area contributed by atoms with Crippen molar-refractivity contribution in [2.75, 3.05) is 6.54 Å². The molecule has 0 fully saturated rings. The third-order valence-corrected chi connectivity index (χ3v) is 3.46. The van der Waals surface area contributed by atoms with Crippen LogP contribution in [0.15, 0.2) is 16.3 Å². The maximum atomic E-state index is 11.7. The monoisotopic (exact) mass is 272 g/mol. The van der Waals surface area contributed by atoms with Crippen molar-refractivity contribution < 1.29 is 9.59 Å². The highest BCUT2D eigenvalue weighted by atomic mass is 32.1. The molecule has 1 unspecified atom stereocenters. The Kier molecular flexibility index (Phi) is 5.50. The summed E-state index contributed by atoms with van der Waals surface area (Å²) in [5.41, 5.74) is 0. The molecule has 2 amide bonds. The normalized spacial score (nSPS) is 11.9. The summed E-state index contributed by atoms with van der Waals surface area (Å²) in [6.45, 7) is 4.26. The number of amides is 2. The second-order valence-electron chi connectivity index (χ2n) is 3.66. The minimum Gasteiger partial charge on any atom is -0.354 e. The fourth-order valence-electron chi connectivity index (χ4n) is 1.18. The molecule has 0 bridgehead atoms. The van der Waals surface area contributed by atoms with Crippen LogP contribution < -0.4 is 10.6 Å².